The molecule has 1 aliphatic carbocycles. The van der Waals surface area contributed by atoms with Crippen molar-refractivity contribution in [1.82, 2.24) is 5.32 Å². The van der Waals surface area contributed by atoms with E-state index in [0.717, 1.165) is 12.8 Å². The number of carbonyl (C=O) groups is 2. The lowest BCUT2D eigenvalue weighted by molar-refractivity contribution is -0.119. The topological polar surface area (TPSA) is 46.2 Å². The van der Waals surface area contributed by atoms with Gasteiger partial charge in [0.1, 0.15) is 0 Å². The number of amides is 1. The van der Waals surface area contributed by atoms with Crippen LogP contribution < -0.4 is 5.32 Å². The van der Waals surface area contributed by atoms with Gasteiger partial charge in [0, 0.05) is 0 Å². The average Bonchev–Trinajstić information content (AvgIpc) is 2.46. The molecule has 1 fully saturated rings. The smallest absolute Gasteiger partial charge is 0.200 e. The molecule has 0 aromatic carbocycles. The maximum Gasteiger partial charge on any atom is 0.200 e. The number of rotatable bonds is 2. The lowest BCUT2D eigenvalue weighted by Gasteiger charge is -2.11. The summed E-state index contributed by atoms with van der Waals surface area (Å²) in [5.41, 5.74) is -0.591. The Hall–Kier alpha value is -0.795. The van der Waals surface area contributed by atoms with Crippen molar-refractivity contribution in [2.75, 3.05) is 0 Å². The number of ketones is 1. The van der Waals surface area contributed by atoms with E-state index in [1.165, 1.54) is 6.92 Å². The second-order valence-corrected chi connectivity index (χ2v) is 2.63. The molecule has 0 unspecified atom stereocenters. The van der Waals surface area contributed by atoms with Crippen molar-refractivity contribution in [3.05, 3.63) is 0 Å². The number of hydrogen-bond acceptors (Lipinski definition) is 2. The van der Waals surface area contributed by atoms with Gasteiger partial charge in [-0.05, 0) is 19.8 Å². The Morgan fingerprint density at radius 3 is 2.10 bits per heavy atom. The molecule has 1 aliphatic rings. The van der Waals surface area contributed by atoms with Crippen LogP contribution in [0.3, 0.4) is 0 Å². The van der Waals surface area contributed by atoms with E-state index in [4.69, 9.17) is 7.85 Å². The quantitative estimate of drug-likeness (QED) is 0.543. The second-order valence-electron chi connectivity index (χ2n) is 2.63. The van der Waals surface area contributed by atoms with Gasteiger partial charge in [0.2, 0.25) is 7.85 Å². The Kier molecular flexibility index (Phi) is 1.54. The first-order valence-electron chi connectivity index (χ1n) is 3.15. The molecule has 1 N–H and O–H groups in total. The molecule has 2 radical (unpaired) electrons. The van der Waals surface area contributed by atoms with E-state index >= 15 is 0 Å². The van der Waals surface area contributed by atoms with Crippen LogP contribution in [0.2, 0.25) is 0 Å². The van der Waals surface area contributed by atoms with E-state index < -0.39 is 11.3 Å². The van der Waals surface area contributed by atoms with Crippen LogP contribution in [-0.2, 0) is 4.79 Å². The van der Waals surface area contributed by atoms with E-state index in [1.54, 1.807) is 0 Å². The van der Waals surface area contributed by atoms with Crippen LogP contribution in [0.4, 0.5) is 4.79 Å². The van der Waals surface area contributed by atoms with Crippen molar-refractivity contribution in [2.24, 2.45) is 0 Å². The minimum absolute atomic E-state index is 0.00806. The first kappa shape index (κ1) is 7.31. The van der Waals surface area contributed by atoms with Crippen molar-refractivity contribution in [3.63, 3.8) is 0 Å². The van der Waals surface area contributed by atoms with Crippen LogP contribution in [0.1, 0.15) is 19.8 Å². The van der Waals surface area contributed by atoms with Crippen LogP contribution in [-0.4, -0.2) is 25.0 Å². The highest BCUT2D eigenvalue weighted by atomic mass is 16.2. The van der Waals surface area contributed by atoms with E-state index in [1.807, 2.05) is 0 Å². The molecule has 52 valence electrons. The number of hydrogen-bond donors (Lipinski definition) is 1. The molecule has 0 heterocycles. The molecule has 0 atom stereocenters. The molecule has 1 rings (SSSR count). The van der Waals surface area contributed by atoms with Gasteiger partial charge >= 0.3 is 0 Å². The lowest BCUT2D eigenvalue weighted by atomic mass is 10.1. The zero-order valence-corrected chi connectivity index (χ0v) is 5.81. The van der Waals surface area contributed by atoms with Crippen molar-refractivity contribution in [3.8, 4) is 0 Å². The molecule has 0 saturated heterocycles. The van der Waals surface area contributed by atoms with E-state index in [2.05, 4.69) is 5.32 Å². The molecule has 4 heteroatoms. The molecule has 0 aromatic heterocycles. The van der Waals surface area contributed by atoms with Gasteiger partial charge in [0.05, 0.1) is 5.54 Å². The fourth-order valence-electron chi connectivity index (χ4n) is 0.926. The summed E-state index contributed by atoms with van der Waals surface area (Å²) in [7, 11) is 4.85. The third-order valence-electron chi connectivity index (χ3n) is 1.79. The average molecular weight is 137 g/mol. The summed E-state index contributed by atoms with van der Waals surface area (Å²) >= 11 is 0. The Morgan fingerprint density at radius 2 is 2.00 bits per heavy atom. The highest BCUT2D eigenvalue weighted by molar-refractivity contribution is 6.57. The van der Waals surface area contributed by atoms with Gasteiger partial charge in [0.25, 0.3) is 0 Å². The monoisotopic (exact) mass is 137 g/mol. The lowest BCUT2D eigenvalue weighted by Crippen LogP contribution is -2.41. The molecule has 10 heavy (non-hydrogen) atoms. The van der Waals surface area contributed by atoms with Crippen molar-refractivity contribution in [2.45, 2.75) is 25.3 Å². The minimum Gasteiger partial charge on any atom is -0.353 e. The highest BCUT2D eigenvalue weighted by Crippen LogP contribution is 2.35. The van der Waals surface area contributed by atoms with Crippen LogP contribution >= 0.6 is 0 Å². The van der Waals surface area contributed by atoms with Gasteiger partial charge in [-0.3, -0.25) is 9.59 Å². The predicted molar refractivity (Wildman–Crippen MR) is 36.9 cm³/mol. The largest absolute Gasteiger partial charge is 0.353 e. The SMILES string of the molecule is [B]C(=O)NC1(C(C)=O)CC1. The first-order valence-corrected chi connectivity index (χ1v) is 3.15. The summed E-state index contributed by atoms with van der Waals surface area (Å²) in [6.07, 6.45) is 1.45. The third kappa shape index (κ3) is 1.20. The van der Waals surface area contributed by atoms with Crippen molar-refractivity contribution < 1.29 is 9.59 Å². The molecule has 0 bridgehead atoms. The maximum absolute atomic E-state index is 10.8. The molecule has 1 saturated carbocycles. The third-order valence-corrected chi connectivity index (χ3v) is 1.79. The Morgan fingerprint density at radius 1 is 1.50 bits per heavy atom. The summed E-state index contributed by atoms with van der Waals surface area (Å²) in [5, 5.41) is 2.42. The van der Waals surface area contributed by atoms with E-state index in [0.29, 0.717) is 0 Å². The zero-order valence-electron chi connectivity index (χ0n) is 5.81. The maximum atomic E-state index is 10.8. The fraction of sp³-hybridized carbons (Fsp3) is 0.667. The molecule has 0 spiro atoms. The Labute approximate surface area is 60.6 Å². The van der Waals surface area contributed by atoms with E-state index in [-0.39, 0.29) is 5.78 Å². The fourth-order valence-corrected chi connectivity index (χ4v) is 0.926. The van der Waals surface area contributed by atoms with Crippen LogP contribution in [0.15, 0.2) is 0 Å². The Bertz CT molecular complexity index is 186. The summed E-state index contributed by atoms with van der Waals surface area (Å²) in [6.45, 7) is 1.46. The molecular weight excluding hydrogens is 129 g/mol. The summed E-state index contributed by atoms with van der Waals surface area (Å²) in [4.78, 5) is 21.1. The summed E-state index contributed by atoms with van der Waals surface area (Å²) < 4.78 is 0. The summed E-state index contributed by atoms with van der Waals surface area (Å²) in [5.74, 6) is -0.626. The highest BCUT2D eigenvalue weighted by Gasteiger charge is 2.47. The van der Waals surface area contributed by atoms with E-state index in [9.17, 15) is 9.59 Å². The molecule has 1 amide bonds. The molecular formula is C6H8BNO2. The number of Topliss-reactive ketones (excluding diaryl/α,β-unsaturated/α-hetero) is 1. The Balaban J connectivity index is 2.53. The van der Waals surface area contributed by atoms with Gasteiger partial charge in [-0.1, -0.05) is 0 Å². The second kappa shape index (κ2) is 2.11. The van der Waals surface area contributed by atoms with Crippen LogP contribution in [0, 0.1) is 0 Å². The van der Waals surface area contributed by atoms with Gasteiger partial charge in [-0.2, -0.15) is 0 Å². The molecule has 0 aromatic rings. The molecule has 0 aliphatic heterocycles. The van der Waals surface area contributed by atoms with Crippen LogP contribution in [0.5, 0.6) is 0 Å². The normalized spacial score (nSPS) is 19.7. The van der Waals surface area contributed by atoms with Gasteiger partial charge in [0.15, 0.2) is 11.6 Å². The zero-order chi connectivity index (χ0) is 7.78. The van der Waals surface area contributed by atoms with Crippen LogP contribution in [0.25, 0.3) is 0 Å². The summed E-state index contributed by atoms with van der Waals surface area (Å²) in [6, 6.07) is 0. The van der Waals surface area contributed by atoms with Gasteiger partial charge < -0.3 is 5.32 Å². The predicted octanol–water partition coefficient (Wildman–Crippen LogP) is -0.0139. The van der Waals surface area contributed by atoms with Crippen molar-refractivity contribution >= 4 is 19.4 Å². The first-order chi connectivity index (χ1) is 4.57. The minimum atomic E-state index is -0.618. The number of carbonyl (C=O) groups excluding carboxylic acids is 2. The van der Waals surface area contributed by atoms with Gasteiger partial charge in [-0.25, -0.2) is 0 Å². The molecule has 3 nitrogen and oxygen atoms in total. The van der Waals surface area contributed by atoms with Crippen molar-refractivity contribution in [1.29, 1.82) is 0 Å². The van der Waals surface area contributed by atoms with Gasteiger partial charge in [-0.15, -0.1) is 0 Å². The standard InChI is InChI=1S/C6H8BNO2/c1-4(9)6(2-3-6)8-5(7)10/h2-3H2,1H3,(H,8,10). The number of nitrogens with one attached hydrogen (secondary N) is 1.